The van der Waals surface area contributed by atoms with Gasteiger partial charge in [-0.3, -0.25) is 4.79 Å². The number of nitrogens with two attached hydrogens (primary N) is 1. The molecular weight excluding hydrogens is 228 g/mol. The quantitative estimate of drug-likeness (QED) is 0.698. The number of carbonyl (C=O) groups is 1. The molecule has 0 heterocycles. The molecule has 0 aliphatic heterocycles. The van der Waals surface area contributed by atoms with Gasteiger partial charge in [0.2, 0.25) is 0 Å². The highest BCUT2D eigenvalue weighted by molar-refractivity contribution is 5.94. The number of phenols is 1. The summed E-state index contributed by atoms with van der Waals surface area (Å²) in [4.78, 5) is 12.0. The lowest BCUT2D eigenvalue weighted by Crippen LogP contribution is -2.46. The monoisotopic (exact) mass is 248 g/mol. The molecule has 1 aromatic carbocycles. The van der Waals surface area contributed by atoms with Gasteiger partial charge in [-0.1, -0.05) is 25.3 Å². The van der Waals surface area contributed by atoms with Crippen LogP contribution in [0.2, 0.25) is 0 Å². The summed E-state index contributed by atoms with van der Waals surface area (Å²) in [5.41, 5.74) is 6.55. The Kier molecular flexibility index (Phi) is 4.20. The summed E-state index contributed by atoms with van der Waals surface area (Å²) in [6.45, 7) is 0. The van der Waals surface area contributed by atoms with Crippen molar-refractivity contribution in [1.82, 2.24) is 5.32 Å². The smallest absolute Gasteiger partial charge is 0.251 e. The van der Waals surface area contributed by atoms with E-state index in [1.807, 2.05) is 0 Å². The van der Waals surface area contributed by atoms with Gasteiger partial charge in [-0.15, -0.1) is 0 Å². The molecule has 4 nitrogen and oxygen atoms in total. The van der Waals surface area contributed by atoms with Gasteiger partial charge in [0.05, 0.1) is 0 Å². The average molecular weight is 248 g/mol. The first-order valence-electron chi connectivity index (χ1n) is 6.52. The number of phenolic OH excluding ortho intramolecular Hbond substituents is 1. The van der Waals surface area contributed by atoms with Gasteiger partial charge >= 0.3 is 0 Å². The highest BCUT2D eigenvalue weighted by Gasteiger charge is 2.22. The number of nitrogens with one attached hydrogen (secondary N) is 1. The minimum absolute atomic E-state index is 0.0359. The van der Waals surface area contributed by atoms with Crippen LogP contribution in [0.25, 0.3) is 0 Å². The van der Waals surface area contributed by atoms with Crippen LogP contribution in [0.4, 0.5) is 0 Å². The Morgan fingerprint density at radius 1 is 1.28 bits per heavy atom. The molecule has 0 bridgehead atoms. The van der Waals surface area contributed by atoms with Gasteiger partial charge in [-0.2, -0.15) is 0 Å². The Balaban J connectivity index is 2.01. The first kappa shape index (κ1) is 12.9. The molecule has 1 saturated carbocycles. The van der Waals surface area contributed by atoms with Crippen molar-refractivity contribution in [3.63, 3.8) is 0 Å². The van der Waals surface area contributed by atoms with Gasteiger partial charge < -0.3 is 16.2 Å². The molecule has 0 saturated heterocycles. The predicted molar refractivity (Wildman–Crippen MR) is 70.4 cm³/mol. The summed E-state index contributed by atoms with van der Waals surface area (Å²) >= 11 is 0. The predicted octanol–water partition coefficient (Wildman–Crippen LogP) is 1.78. The molecule has 0 aromatic heterocycles. The van der Waals surface area contributed by atoms with Crippen LogP contribution in [-0.4, -0.2) is 23.1 Å². The fraction of sp³-hybridized carbons (Fsp3) is 0.500. The van der Waals surface area contributed by atoms with Crippen LogP contribution in [0.1, 0.15) is 42.5 Å². The van der Waals surface area contributed by atoms with E-state index in [-0.39, 0.29) is 23.7 Å². The van der Waals surface area contributed by atoms with Crippen LogP contribution in [0.3, 0.4) is 0 Å². The Hall–Kier alpha value is -1.55. The van der Waals surface area contributed by atoms with E-state index >= 15 is 0 Å². The van der Waals surface area contributed by atoms with Crippen molar-refractivity contribution in [2.45, 2.75) is 44.2 Å². The van der Waals surface area contributed by atoms with E-state index in [0.717, 1.165) is 25.7 Å². The second-order valence-electron chi connectivity index (χ2n) is 4.93. The topological polar surface area (TPSA) is 75.3 Å². The third-order valence-electron chi connectivity index (χ3n) is 3.49. The van der Waals surface area contributed by atoms with E-state index in [2.05, 4.69) is 5.32 Å². The lowest BCUT2D eigenvalue weighted by Gasteiger charge is -2.22. The fourth-order valence-corrected chi connectivity index (χ4v) is 2.41. The molecule has 1 amide bonds. The molecule has 4 N–H and O–H groups in total. The highest BCUT2D eigenvalue weighted by atomic mass is 16.3. The molecule has 2 unspecified atom stereocenters. The van der Waals surface area contributed by atoms with Crippen LogP contribution in [0.5, 0.6) is 5.75 Å². The SMILES string of the molecule is NC1CCCCCC1NC(=O)c1cccc(O)c1. The second kappa shape index (κ2) is 5.87. The Bertz CT molecular complexity index is 420. The number of rotatable bonds is 2. The molecule has 1 aliphatic rings. The van der Waals surface area contributed by atoms with Gasteiger partial charge in [0.15, 0.2) is 0 Å². The number of carbonyl (C=O) groups excluding carboxylic acids is 1. The van der Waals surface area contributed by atoms with E-state index < -0.39 is 0 Å². The molecule has 98 valence electrons. The van der Waals surface area contributed by atoms with Crippen molar-refractivity contribution in [2.75, 3.05) is 0 Å². The Labute approximate surface area is 107 Å². The molecule has 1 fully saturated rings. The van der Waals surface area contributed by atoms with Crippen molar-refractivity contribution < 1.29 is 9.90 Å². The zero-order valence-corrected chi connectivity index (χ0v) is 10.4. The maximum Gasteiger partial charge on any atom is 0.251 e. The number of amides is 1. The maximum atomic E-state index is 12.0. The molecule has 18 heavy (non-hydrogen) atoms. The van der Waals surface area contributed by atoms with E-state index in [0.29, 0.717) is 5.56 Å². The summed E-state index contributed by atoms with van der Waals surface area (Å²) in [6.07, 6.45) is 5.33. The van der Waals surface area contributed by atoms with Gasteiger partial charge in [0.25, 0.3) is 5.91 Å². The van der Waals surface area contributed by atoms with Crippen LogP contribution in [0.15, 0.2) is 24.3 Å². The third kappa shape index (κ3) is 3.23. The summed E-state index contributed by atoms with van der Waals surface area (Å²) in [5.74, 6) is -0.0546. The van der Waals surface area contributed by atoms with Gasteiger partial charge in [-0.25, -0.2) is 0 Å². The minimum Gasteiger partial charge on any atom is -0.508 e. The van der Waals surface area contributed by atoms with E-state index in [1.54, 1.807) is 18.2 Å². The third-order valence-corrected chi connectivity index (χ3v) is 3.49. The van der Waals surface area contributed by atoms with Crippen LogP contribution < -0.4 is 11.1 Å². The number of hydrogen-bond donors (Lipinski definition) is 3. The van der Waals surface area contributed by atoms with Gasteiger partial charge in [-0.05, 0) is 31.0 Å². The van der Waals surface area contributed by atoms with Crippen molar-refractivity contribution in [3.05, 3.63) is 29.8 Å². The standard InChI is InChI=1S/C14H20N2O2/c15-12-7-2-1-3-8-13(12)16-14(18)10-5-4-6-11(17)9-10/h4-6,9,12-13,17H,1-3,7-8,15H2,(H,16,18). The molecule has 1 aromatic rings. The number of hydrogen-bond acceptors (Lipinski definition) is 3. The van der Waals surface area contributed by atoms with Crippen molar-refractivity contribution in [2.24, 2.45) is 5.73 Å². The Morgan fingerprint density at radius 2 is 2.06 bits per heavy atom. The van der Waals surface area contributed by atoms with Gasteiger partial charge in [0.1, 0.15) is 5.75 Å². The van der Waals surface area contributed by atoms with Crippen molar-refractivity contribution >= 4 is 5.91 Å². The fourth-order valence-electron chi connectivity index (χ4n) is 2.41. The van der Waals surface area contributed by atoms with Crippen molar-refractivity contribution in [1.29, 1.82) is 0 Å². The Morgan fingerprint density at radius 3 is 2.83 bits per heavy atom. The summed E-state index contributed by atoms with van der Waals surface area (Å²) < 4.78 is 0. The molecule has 2 atom stereocenters. The molecule has 1 aliphatic carbocycles. The lowest BCUT2D eigenvalue weighted by atomic mass is 10.0. The van der Waals surface area contributed by atoms with E-state index in [9.17, 15) is 9.90 Å². The van der Waals surface area contributed by atoms with Crippen LogP contribution in [-0.2, 0) is 0 Å². The van der Waals surface area contributed by atoms with Crippen molar-refractivity contribution in [3.8, 4) is 5.75 Å². The molecule has 0 radical (unpaired) electrons. The largest absolute Gasteiger partial charge is 0.508 e. The number of aromatic hydroxyl groups is 1. The zero-order valence-electron chi connectivity index (χ0n) is 10.4. The van der Waals surface area contributed by atoms with Gasteiger partial charge in [0, 0.05) is 17.6 Å². The van der Waals surface area contributed by atoms with E-state index in [4.69, 9.17) is 5.73 Å². The highest BCUT2D eigenvalue weighted by Crippen LogP contribution is 2.18. The normalized spacial score (nSPS) is 24.3. The lowest BCUT2D eigenvalue weighted by molar-refractivity contribution is 0.0928. The first-order valence-corrected chi connectivity index (χ1v) is 6.52. The maximum absolute atomic E-state index is 12.0. The second-order valence-corrected chi connectivity index (χ2v) is 4.93. The minimum atomic E-state index is -0.159. The average Bonchev–Trinajstić information content (AvgIpc) is 2.55. The summed E-state index contributed by atoms with van der Waals surface area (Å²) in [6, 6.07) is 6.45. The molecule has 4 heteroatoms. The first-order chi connectivity index (χ1) is 8.66. The molecule has 2 rings (SSSR count). The van der Waals surface area contributed by atoms with E-state index in [1.165, 1.54) is 12.5 Å². The van der Waals surface area contributed by atoms with Crippen LogP contribution >= 0.6 is 0 Å². The molecular formula is C14H20N2O2. The molecule has 0 spiro atoms. The zero-order chi connectivity index (χ0) is 13.0. The summed E-state index contributed by atoms with van der Waals surface area (Å²) in [5, 5.41) is 12.3. The number of benzene rings is 1. The van der Waals surface area contributed by atoms with Crippen LogP contribution in [0, 0.1) is 0 Å². The summed E-state index contributed by atoms with van der Waals surface area (Å²) in [7, 11) is 0.